The number of ether oxygens (including phenoxy) is 5. The summed E-state index contributed by atoms with van der Waals surface area (Å²) in [6.07, 6.45) is -12.9. The van der Waals surface area contributed by atoms with E-state index in [1.54, 1.807) is 37.3 Å². The van der Waals surface area contributed by atoms with Gasteiger partial charge in [-0.2, -0.15) is 0 Å². The van der Waals surface area contributed by atoms with E-state index in [1.807, 2.05) is 0 Å². The third kappa shape index (κ3) is 7.17. The third-order valence-electron chi connectivity index (χ3n) is 7.84. The van der Waals surface area contributed by atoms with Gasteiger partial charge in [0.25, 0.3) is 0 Å². The number of carbonyl (C=O) groups is 1. The van der Waals surface area contributed by atoms with Crippen LogP contribution in [0.15, 0.2) is 30.3 Å². The standard InChI is InChI=1S/C27H41NO12/c1-13-19(29)21(31)22(32)26(36-13)38-15-9-5-6-10-16(15)39-27-23(33)24(20(30)18(12-28)40-27)37-17(25(34)35)11-14-7-3-2-4-8-14/h2-4,7-8,13,15-24,26-27,29-33H,5-6,9-12,28H2,1H3,(H,34,35)/t13-,15+,16+,17-,18+,19-,20-,21+,22+,23+,24-,26-,27+/m0/s1. The van der Waals surface area contributed by atoms with Gasteiger partial charge in [0.1, 0.15) is 55.4 Å². The van der Waals surface area contributed by atoms with Crippen molar-refractivity contribution in [3.8, 4) is 0 Å². The first-order valence-corrected chi connectivity index (χ1v) is 13.8. The highest BCUT2D eigenvalue weighted by Gasteiger charge is 2.49. The van der Waals surface area contributed by atoms with Gasteiger partial charge in [0.2, 0.25) is 0 Å². The van der Waals surface area contributed by atoms with Gasteiger partial charge < -0.3 is 64.9 Å². The Morgan fingerprint density at radius 1 is 0.925 bits per heavy atom. The Morgan fingerprint density at radius 3 is 2.10 bits per heavy atom. The van der Waals surface area contributed by atoms with Crippen molar-refractivity contribution in [1.29, 1.82) is 0 Å². The van der Waals surface area contributed by atoms with Crippen molar-refractivity contribution in [3.05, 3.63) is 35.9 Å². The summed E-state index contributed by atoms with van der Waals surface area (Å²) in [4.78, 5) is 11.9. The number of carbonyl (C=O) groups excluding carboxylic acids is 1. The minimum Gasteiger partial charge on any atom is -0.547 e. The minimum atomic E-state index is -1.56. The number of hydrogen-bond donors (Lipinski definition) is 6. The van der Waals surface area contributed by atoms with Crippen molar-refractivity contribution in [3.63, 3.8) is 0 Å². The van der Waals surface area contributed by atoms with E-state index < -0.39 is 85.7 Å². The predicted octanol–water partition coefficient (Wildman–Crippen LogP) is -3.41. The zero-order valence-electron chi connectivity index (χ0n) is 22.4. The molecule has 226 valence electrons. The van der Waals surface area contributed by atoms with Gasteiger partial charge >= 0.3 is 0 Å². The maximum atomic E-state index is 11.9. The van der Waals surface area contributed by atoms with E-state index in [-0.39, 0.29) is 13.0 Å². The molecule has 1 aromatic rings. The quantitative estimate of drug-likeness (QED) is 0.162. The van der Waals surface area contributed by atoms with Crippen LogP contribution in [0.5, 0.6) is 0 Å². The molecule has 13 atom stereocenters. The summed E-state index contributed by atoms with van der Waals surface area (Å²) in [5, 5.41) is 64.5. The maximum absolute atomic E-state index is 11.9. The van der Waals surface area contributed by atoms with E-state index in [0.29, 0.717) is 18.4 Å². The van der Waals surface area contributed by atoms with E-state index in [2.05, 4.69) is 5.73 Å². The second-order valence-electron chi connectivity index (χ2n) is 10.7. The number of aliphatic hydroxyl groups excluding tert-OH is 5. The molecule has 0 aromatic heterocycles. The van der Waals surface area contributed by atoms with Gasteiger partial charge in [-0.15, -0.1) is 0 Å². The second-order valence-corrected chi connectivity index (χ2v) is 10.7. The number of rotatable bonds is 10. The van der Waals surface area contributed by atoms with Crippen LogP contribution in [0.4, 0.5) is 0 Å². The van der Waals surface area contributed by atoms with Crippen molar-refractivity contribution >= 4 is 5.97 Å². The van der Waals surface area contributed by atoms with E-state index >= 15 is 0 Å². The molecule has 40 heavy (non-hydrogen) atoms. The summed E-state index contributed by atoms with van der Waals surface area (Å²) >= 11 is 0. The number of benzene rings is 1. The Balaban J connectivity index is 1.46. The molecule has 2 saturated heterocycles. The van der Waals surface area contributed by atoms with Crippen molar-refractivity contribution in [2.45, 2.75) is 119 Å². The molecule has 13 heteroatoms. The van der Waals surface area contributed by atoms with Crippen LogP contribution in [-0.2, 0) is 34.9 Å². The Labute approximate surface area is 232 Å². The van der Waals surface area contributed by atoms with Crippen LogP contribution in [0.1, 0.15) is 38.2 Å². The monoisotopic (exact) mass is 571 g/mol. The average Bonchev–Trinajstić information content (AvgIpc) is 2.95. The third-order valence-corrected chi connectivity index (χ3v) is 7.84. The molecule has 0 unspecified atom stereocenters. The van der Waals surface area contributed by atoms with Gasteiger partial charge in [0.15, 0.2) is 12.6 Å². The number of aliphatic carboxylic acids is 1. The van der Waals surface area contributed by atoms with E-state index in [9.17, 15) is 35.4 Å². The molecule has 4 rings (SSSR count). The van der Waals surface area contributed by atoms with E-state index in [4.69, 9.17) is 23.7 Å². The van der Waals surface area contributed by atoms with Crippen molar-refractivity contribution < 1.29 is 64.9 Å². The highest BCUT2D eigenvalue weighted by atomic mass is 16.7. The lowest BCUT2D eigenvalue weighted by atomic mass is 9.93. The van der Waals surface area contributed by atoms with E-state index in [0.717, 1.165) is 12.8 Å². The molecule has 0 bridgehead atoms. The molecule has 0 radical (unpaired) electrons. The van der Waals surface area contributed by atoms with Crippen LogP contribution >= 0.6 is 0 Å². The Morgan fingerprint density at radius 2 is 1.52 bits per heavy atom. The first-order valence-electron chi connectivity index (χ1n) is 13.8. The maximum Gasteiger partial charge on any atom is 0.187 e. The summed E-state index contributed by atoms with van der Waals surface area (Å²) in [6.45, 7) is 1.65. The first-order chi connectivity index (χ1) is 19.1. The molecule has 2 aliphatic heterocycles. The first kappa shape index (κ1) is 31.2. The largest absolute Gasteiger partial charge is 0.547 e. The lowest BCUT2D eigenvalue weighted by Gasteiger charge is -2.45. The van der Waals surface area contributed by atoms with Crippen LogP contribution in [-0.4, -0.2) is 118 Å². The number of hydrogen-bond acceptors (Lipinski definition) is 12. The fourth-order valence-electron chi connectivity index (χ4n) is 5.46. The second kappa shape index (κ2) is 13.9. The minimum absolute atomic E-state index is 0.0399. The summed E-state index contributed by atoms with van der Waals surface area (Å²) < 4.78 is 29.3. The van der Waals surface area contributed by atoms with Crippen LogP contribution < -0.4 is 10.8 Å². The van der Waals surface area contributed by atoms with Crippen LogP contribution in [0.3, 0.4) is 0 Å². The van der Waals surface area contributed by atoms with Gasteiger partial charge in [-0.05, 0) is 25.3 Å². The Hall–Kier alpha value is -1.75. The van der Waals surface area contributed by atoms with Gasteiger partial charge in [0.05, 0.1) is 24.3 Å². The molecule has 3 aliphatic rings. The number of aliphatic hydroxyl groups is 5. The van der Waals surface area contributed by atoms with Gasteiger partial charge in [0, 0.05) is 6.42 Å². The number of quaternary nitrogens is 1. The summed E-state index contributed by atoms with van der Waals surface area (Å²) in [5.41, 5.74) is 4.46. The van der Waals surface area contributed by atoms with Crippen molar-refractivity contribution in [2.75, 3.05) is 6.54 Å². The zero-order valence-corrected chi connectivity index (χ0v) is 22.4. The van der Waals surface area contributed by atoms with Crippen LogP contribution in [0.2, 0.25) is 0 Å². The zero-order chi connectivity index (χ0) is 29.0. The van der Waals surface area contributed by atoms with Gasteiger partial charge in [-0.25, -0.2) is 0 Å². The number of carboxylic acid groups (broad SMARTS) is 1. The lowest BCUT2D eigenvalue weighted by molar-refractivity contribution is -0.420. The van der Waals surface area contributed by atoms with Gasteiger partial charge in [-0.1, -0.05) is 43.2 Å². The van der Waals surface area contributed by atoms with Crippen molar-refractivity contribution in [1.82, 2.24) is 0 Å². The Bertz CT molecular complexity index is 939. The smallest absolute Gasteiger partial charge is 0.187 e. The van der Waals surface area contributed by atoms with Crippen molar-refractivity contribution in [2.24, 2.45) is 0 Å². The summed E-state index contributed by atoms with van der Waals surface area (Å²) in [6, 6.07) is 8.77. The molecular formula is C27H41NO12. The van der Waals surface area contributed by atoms with Crippen LogP contribution in [0.25, 0.3) is 0 Å². The molecular weight excluding hydrogens is 530 g/mol. The molecule has 0 amide bonds. The van der Waals surface area contributed by atoms with Gasteiger partial charge in [-0.3, -0.25) is 0 Å². The SMILES string of the molecule is C[C@@H]1O[C@@H](O[C@@H]2CCCC[C@H]2O[C@@H]2O[C@H](C[NH3+])[C@H](O)[C@H](O[C@@H](Cc3ccccc3)C(=O)[O-])[C@H]2O)[C@H](O)[C@H](O)[C@H]1O. The fraction of sp³-hybridized carbons (Fsp3) is 0.741. The lowest BCUT2D eigenvalue weighted by Crippen LogP contribution is -2.68. The summed E-state index contributed by atoms with van der Waals surface area (Å²) in [7, 11) is 0. The normalized spacial score (nSPS) is 41.4. The molecule has 3 fully saturated rings. The summed E-state index contributed by atoms with van der Waals surface area (Å²) in [5.74, 6) is -1.49. The fourth-order valence-corrected chi connectivity index (χ4v) is 5.46. The van der Waals surface area contributed by atoms with E-state index in [1.165, 1.54) is 0 Å². The molecule has 1 aliphatic carbocycles. The predicted molar refractivity (Wildman–Crippen MR) is 133 cm³/mol. The molecule has 1 aromatic carbocycles. The highest BCUT2D eigenvalue weighted by molar-refractivity contribution is 5.70. The molecule has 2 heterocycles. The van der Waals surface area contributed by atoms with Crippen LogP contribution in [0, 0.1) is 0 Å². The molecule has 0 spiro atoms. The highest BCUT2D eigenvalue weighted by Crippen LogP contribution is 2.33. The molecule has 1 saturated carbocycles. The number of carboxylic acids is 1. The molecule has 13 nitrogen and oxygen atoms in total. The Kier molecular flexibility index (Phi) is 10.9. The topological polar surface area (TPSA) is 215 Å². The average molecular weight is 572 g/mol. The molecule has 8 N–H and O–H groups in total.